The van der Waals surface area contributed by atoms with Crippen LogP contribution in [-0.2, 0) is 0 Å². The monoisotopic (exact) mass is 160 g/mol. The van der Waals surface area contributed by atoms with E-state index in [1.165, 1.54) is 0 Å². The summed E-state index contributed by atoms with van der Waals surface area (Å²) in [7, 11) is 0. The minimum absolute atomic E-state index is 0.112. The Morgan fingerprint density at radius 1 is 1.73 bits per heavy atom. The highest BCUT2D eigenvalue weighted by Gasteiger charge is 2.33. The summed E-state index contributed by atoms with van der Waals surface area (Å²) in [6.07, 6.45) is 2.04. The predicted molar refractivity (Wildman–Crippen MR) is 44.2 cm³/mol. The first-order chi connectivity index (χ1) is 5.17. The van der Waals surface area contributed by atoms with Crippen LogP contribution in [0.25, 0.3) is 0 Å². The SMILES string of the molecule is CC(F)(CN)C1CCCNC1. The Bertz CT molecular complexity index is 119. The van der Waals surface area contributed by atoms with Crippen molar-refractivity contribution in [3.05, 3.63) is 0 Å². The van der Waals surface area contributed by atoms with E-state index in [-0.39, 0.29) is 12.5 Å². The number of rotatable bonds is 2. The average Bonchev–Trinajstić information content (AvgIpc) is 2.06. The van der Waals surface area contributed by atoms with Gasteiger partial charge in [-0.3, -0.25) is 0 Å². The molecular weight excluding hydrogens is 143 g/mol. The lowest BCUT2D eigenvalue weighted by Crippen LogP contribution is -2.45. The second kappa shape index (κ2) is 3.50. The van der Waals surface area contributed by atoms with E-state index in [9.17, 15) is 4.39 Å². The van der Waals surface area contributed by atoms with E-state index >= 15 is 0 Å². The molecule has 0 aliphatic carbocycles. The van der Waals surface area contributed by atoms with Gasteiger partial charge >= 0.3 is 0 Å². The Morgan fingerprint density at radius 2 is 2.45 bits per heavy atom. The molecule has 2 atom stereocenters. The molecule has 0 amide bonds. The Hall–Kier alpha value is -0.150. The van der Waals surface area contributed by atoms with Crippen LogP contribution in [0.3, 0.4) is 0 Å². The van der Waals surface area contributed by atoms with Crippen molar-refractivity contribution in [2.45, 2.75) is 25.4 Å². The standard InChI is InChI=1S/C8H17FN2/c1-8(9,6-10)7-3-2-4-11-5-7/h7,11H,2-6,10H2,1H3. The number of nitrogens with two attached hydrogens (primary N) is 1. The zero-order chi connectivity index (χ0) is 8.32. The molecule has 66 valence electrons. The highest BCUT2D eigenvalue weighted by atomic mass is 19.1. The fraction of sp³-hybridized carbons (Fsp3) is 1.00. The first kappa shape index (κ1) is 8.94. The third kappa shape index (κ3) is 2.14. The van der Waals surface area contributed by atoms with Gasteiger partial charge in [-0.15, -0.1) is 0 Å². The Labute approximate surface area is 67.3 Å². The Morgan fingerprint density at radius 3 is 2.91 bits per heavy atom. The molecule has 0 aromatic heterocycles. The van der Waals surface area contributed by atoms with E-state index in [0.29, 0.717) is 0 Å². The summed E-state index contributed by atoms with van der Waals surface area (Å²) in [5, 5.41) is 3.18. The van der Waals surface area contributed by atoms with Crippen molar-refractivity contribution >= 4 is 0 Å². The van der Waals surface area contributed by atoms with Gasteiger partial charge < -0.3 is 11.1 Å². The van der Waals surface area contributed by atoms with Gasteiger partial charge in [0.2, 0.25) is 0 Å². The molecule has 0 aromatic rings. The van der Waals surface area contributed by atoms with Crippen molar-refractivity contribution in [1.29, 1.82) is 0 Å². The van der Waals surface area contributed by atoms with Crippen molar-refractivity contribution in [2.75, 3.05) is 19.6 Å². The summed E-state index contributed by atoms with van der Waals surface area (Å²) in [6.45, 7) is 3.55. The second-order valence-electron chi connectivity index (χ2n) is 3.53. The highest BCUT2D eigenvalue weighted by Crippen LogP contribution is 2.26. The Balaban J connectivity index is 2.43. The number of piperidine rings is 1. The van der Waals surface area contributed by atoms with E-state index < -0.39 is 5.67 Å². The zero-order valence-electron chi connectivity index (χ0n) is 7.07. The number of alkyl halides is 1. The largest absolute Gasteiger partial charge is 0.328 e. The zero-order valence-corrected chi connectivity index (χ0v) is 7.07. The van der Waals surface area contributed by atoms with E-state index in [0.717, 1.165) is 25.9 Å². The quantitative estimate of drug-likeness (QED) is 0.623. The van der Waals surface area contributed by atoms with Crippen molar-refractivity contribution in [1.82, 2.24) is 5.32 Å². The molecule has 1 aliphatic rings. The maximum atomic E-state index is 13.5. The lowest BCUT2D eigenvalue weighted by atomic mass is 9.85. The second-order valence-corrected chi connectivity index (χ2v) is 3.53. The van der Waals surface area contributed by atoms with Crippen LogP contribution in [0.5, 0.6) is 0 Å². The molecule has 1 aliphatic heterocycles. The van der Waals surface area contributed by atoms with Crippen LogP contribution in [0.4, 0.5) is 4.39 Å². The number of hydrogen-bond acceptors (Lipinski definition) is 2. The molecule has 2 unspecified atom stereocenters. The summed E-state index contributed by atoms with van der Waals surface area (Å²) in [5.41, 5.74) is 4.16. The fourth-order valence-corrected chi connectivity index (χ4v) is 1.53. The van der Waals surface area contributed by atoms with Crippen LogP contribution in [0.15, 0.2) is 0 Å². The van der Waals surface area contributed by atoms with E-state index in [4.69, 9.17) is 5.73 Å². The van der Waals surface area contributed by atoms with Gasteiger partial charge in [-0.25, -0.2) is 4.39 Å². The van der Waals surface area contributed by atoms with E-state index in [1.54, 1.807) is 6.92 Å². The van der Waals surface area contributed by atoms with E-state index in [1.807, 2.05) is 0 Å². The van der Waals surface area contributed by atoms with Gasteiger partial charge in [-0.1, -0.05) is 0 Å². The molecule has 0 radical (unpaired) electrons. The van der Waals surface area contributed by atoms with Crippen LogP contribution in [0.2, 0.25) is 0 Å². The maximum absolute atomic E-state index is 13.5. The topological polar surface area (TPSA) is 38.0 Å². The first-order valence-corrected chi connectivity index (χ1v) is 4.26. The minimum atomic E-state index is -1.17. The lowest BCUT2D eigenvalue weighted by molar-refractivity contribution is 0.0919. The van der Waals surface area contributed by atoms with Crippen LogP contribution >= 0.6 is 0 Å². The smallest absolute Gasteiger partial charge is 0.124 e. The molecule has 11 heavy (non-hydrogen) atoms. The van der Waals surface area contributed by atoms with Gasteiger partial charge in [-0.2, -0.15) is 0 Å². The van der Waals surface area contributed by atoms with Crippen molar-refractivity contribution < 1.29 is 4.39 Å². The predicted octanol–water partition coefficient (Wildman–Crippen LogP) is 0.673. The summed E-state index contributed by atoms with van der Waals surface area (Å²) in [6, 6.07) is 0. The van der Waals surface area contributed by atoms with Crippen LogP contribution in [0, 0.1) is 5.92 Å². The molecule has 1 fully saturated rings. The summed E-state index contributed by atoms with van der Waals surface area (Å²) in [4.78, 5) is 0. The molecule has 3 N–H and O–H groups in total. The number of nitrogens with one attached hydrogen (secondary N) is 1. The van der Waals surface area contributed by atoms with Crippen LogP contribution < -0.4 is 11.1 Å². The third-order valence-corrected chi connectivity index (χ3v) is 2.55. The van der Waals surface area contributed by atoms with Crippen LogP contribution in [0.1, 0.15) is 19.8 Å². The van der Waals surface area contributed by atoms with Gasteiger partial charge in [-0.05, 0) is 26.3 Å². The molecule has 2 nitrogen and oxygen atoms in total. The molecule has 0 aromatic carbocycles. The van der Waals surface area contributed by atoms with Gasteiger partial charge in [0.15, 0.2) is 0 Å². The average molecular weight is 160 g/mol. The molecule has 1 rings (SSSR count). The normalized spacial score (nSPS) is 31.4. The molecule has 1 saturated heterocycles. The maximum Gasteiger partial charge on any atom is 0.124 e. The summed E-state index contributed by atoms with van der Waals surface area (Å²) < 4.78 is 13.5. The number of hydrogen-bond donors (Lipinski definition) is 2. The molecule has 0 bridgehead atoms. The lowest BCUT2D eigenvalue weighted by Gasteiger charge is -2.32. The minimum Gasteiger partial charge on any atom is -0.328 e. The summed E-state index contributed by atoms with van der Waals surface area (Å²) >= 11 is 0. The first-order valence-electron chi connectivity index (χ1n) is 4.26. The van der Waals surface area contributed by atoms with Crippen molar-refractivity contribution in [3.63, 3.8) is 0 Å². The fourth-order valence-electron chi connectivity index (χ4n) is 1.53. The van der Waals surface area contributed by atoms with Gasteiger partial charge in [0.05, 0.1) is 0 Å². The van der Waals surface area contributed by atoms with E-state index in [2.05, 4.69) is 5.32 Å². The molecule has 0 saturated carbocycles. The molecule has 1 heterocycles. The third-order valence-electron chi connectivity index (χ3n) is 2.55. The molecule has 0 spiro atoms. The van der Waals surface area contributed by atoms with Crippen LogP contribution in [-0.4, -0.2) is 25.3 Å². The summed E-state index contributed by atoms with van der Waals surface area (Å²) in [5.74, 6) is 0.112. The van der Waals surface area contributed by atoms with Gasteiger partial charge in [0.25, 0.3) is 0 Å². The van der Waals surface area contributed by atoms with Crippen molar-refractivity contribution in [3.8, 4) is 0 Å². The number of halogens is 1. The van der Waals surface area contributed by atoms with Crippen molar-refractivity contribution in [2.24, 2.45) is 11.7 Å². The van der Waals surface area contributed by atoms with Gasteiger partial charge in [0.1, 0.15) is 5.67 Å². The Kier molecular flexibility index (Phi) is 2.84. The highest BCUT2D eigenvalue weighted by molar-refractivity contribution is 4.87. The molecular formula is C8H17FN2. The molecule has 3 heteroatoms. The van der Waals surface area contributed by atoms with Gasteiger partial charge in [0, 0.05) is 19.0 Å².